The maximum atomic E-state index is 13.2. The Morgan fingerprint density at radius 1 is 1.20 bits per heavy atom. The van der Waals surface area contributed by atoms with Gasteiger partial charge in [0, 0.05) is 0 Å². The van der Waals surface area contributed by atoms with E-state index < -0.39 is 11.7 Å². The lowest BCUT2D eigenvalue weighted by molar-refractivity contribution is 0.0991. The van der Waals surface area contributed by atoms with Crippen molar-refractivity contribution in [2.45, 2.75) is 0 Å². The van der Waals surface area contributed by atoms with Gasteiger partial charge in [0.25, 0.3) is 5.91 Å². The highest BCUT2D eigenvalue weighted by Crippen LogP contribution is 2.27. The van der Waals surface area contributed by atoms with Crippen LogP contribution in [0.2, 0.25) is 5.02 Å². The number of carbonyl (C=O) groups is 1. The van der Waals surface area contributed by atoms with Crippen LogP contribution in [-0.4, -0.2) is 15.9 Å². The summed E-state index contributed by atoms with van der Waals surface area (Å²) in [6.07, 6.45) is 0. The SMILES string of the molecule is NC(=O)c1nc2cc(-c3ccc(F)c(Cl)c3)ccc2[nH]1. The van der Waals surface area contributed by atoms with Crippen molar-refractivity contribution in [3.63, 3.8) is 0 Å². The largest absolute Gasteiger partial charge is 0.363 e. The van der Waals surface area contributed by atoms with E-state index in [1.54, 1.807) is 24.3 Å². The van der Waals surface area contributed by atoms with Crippen molar-refractivity contribution in [1.29, 1.82) is 0 Å². The minimum atomic E-state index is -0.618. The van der Waals surface area contributed by atoms with Gasteiger partial charge in [0.2, 0.25) is 0 Å². The number of hydrogen-bond donors (Lipinski definition) is 2. The molecule has 0 unspecified atom stereocenters. The summed E-state index contributed by atoms with van der Waals surface area (Å²) in [6.45, 7) is 0. The van der Waals surface area contributed by atoms with Gasteiger partial charge in [-0.05, 0) is 35.4 Å². The molecule has 1 heterocycles. The Labute approximate surface area is 118 Å². The first-order chi connectivity index (χ1) is 9.54. The van der Waals surface area contributed by atoms with Crippen molar-refractivity contribution in [2.24, 2.45) is 5.73 Å². The fourth-order valence-corrected chi connectivity index (χ4v) is 2.16. The number of hydrogen-bond acceptors (Lipinski definition) is 2. The Kier molecular flexibility index (Phi) is 2.91. The molecule has 3 rings (SSSR count). The van der Waals surface area contributed by atoms with E-state index in [9.17, 15) is 9.18 Å². The second-order valence-corrected chi connectivity index (χ2v) is 4.72. The van der Waals surface area contributed by atoms with Crippen LogP contribution in [0.15, 0.2) is 36.4 Å². The van der Waals surface area contributed by atoms with Crippen molar-refractivity contribution < 1.29 is 9.18 Å². The van der Waals surface area contributed by atoms with Gasteiger partial charge in [-0.3, -0.25) is 4.79 Å². The summed E-state index contributed by atoms with van der Waals surface area (Å²) in [5, 5.41) is 0.0578. The predicted molar refractivity (Wildman–Crippen MR) is 75.0 cm³/mol. The summed E-state index contributed by atoms with van der Waals surface area (Å²) in [5.41, 5.74) is 8.07. The Morgan fingerprint density at radius 2 is 1.90 bits per heavy atom. The van der Waals surface area contributed by atoms with E-state index in [2.05, 4.69) is 9.97 Å². The molecular formula is C14H9ClFN3O. The average molecular weight is 290 g/mol. The van der Waals surface area contributed by atoms with Gasteiger partial charge >= 0.3 is 0 Å². The lowest BCUT2D eigenvalue weighted by atomic mass is 10.1. The van der Waals surface area contributed by atoms with Crippen LogP contribution in [0.1, 0.15) is 10.6 Å². The number of halogens is 2. The summed E-state index contributed by atoms with van der Waals surface area (Å²) < 4.78 is 13.2. The van der Waals surface area contributed by atoms with Crippen LogP contribution >= 0.6 is 11.6 Å². The van der Waals surface area contributed by atoms with Gasteiger partial charge in [-0.1, -0.05) is 23.7 Å². The fraction of sp³-hybridized carbons (Fsp3) is 0. The van der Waals surface area contributed by atoms with Crippen LogP contribution in [0.25, 0.3) is 22.2 Å². The van der Waals surface area contributed by atoms with Crippen LogP contribution in [0, 0.1) is 5.82 Å². The normalized spacial score (nSPS) is 10.9. The van der Waals surface area contributed by atoms with E-state index >= 15 is 0 Å². The monoisotopic (exact) mass is 289 g/mol. The number of H-pyrrole nitrogens is 1. The summed E-state index contributed by atoms with van der Waals surface area (Å²) in [5.74, 6) is -0.978. The molecule has 1 amide bonds. The smallest absolute Gasteiger partial charge is 0.284 e. The van der Waals surface area contributed by atoms with E-state index in [0.717, 1.165) is 11.1 Å². The summed E-state index contributed by atoms with van der Waals surface area (Å²) in [7, 11) is 0. The first-order valence-electron chi connectivity index (χ1n) is 5.79. The second-order valence-electron chi connectivity index (χ2n) is 4.31. The molecule has 0 radical (unpaired) electrons. The number of nitrogens with zero attached hydrogens (tertiary/aromatic N) is 1. The second kappa shape index (κ2) is 4.61. The number of amides is 1. The Balaban J connectivity index is 2.12. The number of nitrogens with two attached hydrogens (primary N) is 1. The van der Waals surface area contributed by atoms with E-state index in [0.29, 0.717) is 11.0 Å². The summed E-state index contributed by atoms with van der Waals surface area (Å²) in [4.78, 5) is 18.0. The predicted octanol–water partition coefficient (Wildman–Crippen LogP) is 3.12. The topological polar surface area (TPSA) is 71.8 Å². The quantitative estimate of drug-likeness (QED) is 0.761. The number of imidazole rings is 1. The van der Waals surface area contributed by atoms with Crippen molar-refractivity contribution in [3.8, 4) is 11.1 Å². The molecule has 20 heavy (non-hydrogen) atoms. The van der Waals surface area contributed by atoms with E-state index in [1.165, 1.54) is 6.07 Å². The van der Waals surface area contributed by atoms with Crippen molar-refractivity contribution >= 4 is 28.5 Å². The zero-order valence-corrected chi connectivity index (χ0v) is 10.9. The third-order valence-electron chi connectivity index (χ3n) is 2.97. The van der Waals surface area contributed by atoms with E-state index in [4.69, 9.17) is 17.3 Å². The molecule has 0 saturated heterocycles. The zero-order valence-electron chi connectivity index (χ0n) is 10.2. The van der Waals surface area contributed by atoms with Crippen LogP contribution < -0.4 is 5.73 Å². The highest BCUT2D eigenvalue weighted by molar-refractivity contribution is 6.31. The molecule has 0 atom stereocenters. The maximum absolute atomic E-state index is 13.2. The molecule has 0 fully saturated rings. The molecule has 0 saturated carbocycles. The highest BCUT2D eigenvalue weighted by atomic mass is 35.5. The van der Waals surface area contributed by atoms with Crippen LogP contribution in [-0.2, 0) is 0 Å². The molecule has 0 spiro atoms. The molecule has 3 N–H and O–H groups in total. The third kappa shape index (κ3) is 2.12. The number of fused-ring (bicyclic) bond motifs is 1. The Morgan fingerprint density at radius 3 is 2.60 bits per heavy atom. The van der Waals surface area contributed by atoms with Gasteiger partial charge in [-0.25, -0.2) is 9.37 Å². The number of primary amides is 1. The van der Waals surface area contributed by atoms with Crippen molar-refractivity contribution in [1.82, 2.24) is 9.97 Å². The first-order valence-corrected chi connectivity index (χ1v) is 6.17. The molecule has 1 aromatic heterocycles. The zero-order chi connectivity index (χ0) is 14.3. The lowest BCUT2D eigenvalue weighted by Gasteiger charge is -2.03. The first kappa shape index (κ1) is 12.6. The molecule has 4 nitrogen and oxygen atoms in total. The third-order valence-corrected chi connectivity index (χ3v) is 3.26. The number of aromatic nitrogens is 2. The molecule has 0 aliphatic carbocycles. The number of benzene rings is 2. The van der Waals surface area contributed by atoms with E-state index in [1.807, 2.05) is 6.07 Å². The van der Waals surface area contributed by atoms with Gasteiger partial charge in [0.15, 0.2) is 5.82 Å². The molecule has 6 heteroatoms. The van der Waals surface area contributed by atoms with E-state index in [-0.39, 0.29) is 10.8 Å². The highest BCUT2D eigenvalue weighted by Gasteiger charge is 2.09. The molecule has 2 aromatic carbocycles. The average Bonchev–Trinajstić information content (AvgIpc) is 2.85. The Hall–Kier alpha value is -2.40. The lowest BCUT2D eigenvalue weighted by Crippen LogP contribution is -2.12. The summed E-state index contributed by atoms with van der Waals surface area (Å²) >= 11 is 5.77. The van der Waals surface area contributed by atoms with Gasteiger partial charge < -0.3 is 10.7 Å². The number of rotatable bonds is 2. The van der Waals surface area contributed by atoms with Crippen molar-refractivity contribution in [3.05, 3.63) is 53.1 Å². The van der Waals surface area contributed by atoms with Gasteiger partial charge in [0.1, 0.15) is 5.82 Å². The molecule has 100 valence electrons. The number of carbonyl (C=O) groups excluding carboxylic acids is 1. The molecule has 3 aromatic rings. The standard InChI is InChI=1S/C14H9ClFN3O/c15-9-5-7(1-3-10(9)16)8-2-4-11-12(6-8)19-14(18-11)13(17)20/h1-6H,(H2,17,20)(H,18,19). The minimum absolute atomic E-state index is 0.0578. The van der Waals surface area contributed by atoms with Gasteiger partial charge in [-0.2, -0.15) is 0 Å². The number of nitrogens with one attached hydrogen (secondary N) is 1. The summed E-state index contributed by atoms with van der Waals surface area (Å²) in [6, 6.07) is 9.86. The van der Waals surface area contributed by atoms with Crippen LogP contribution in [0.3, 0.4) is 0 Å². The molecule has 0 aliphatic rings. The number of aromatic amines is 1. The van der Waals surface area contributed by atoms with Crippen LogP contribution in [0.4, 0.5) is 4.39 Å². The van der Waals surface area contributed by atoms with Crippen molar-refractivity contribution in [2.75, 3.05) is 0 Å². The fourth-order valence-electron chi connectivity index (χ4n) is 1.98. The molecule has 0 aliphatic heterocycles. The van der Waals surface area contributed by atoms with Crippen LogP contribution in [0.5, 0.6) is 0 Å². The maximum Gasteiger partial charge on any atom is 0.284 e. The molecular weight excluding hydrogens is 281 g/mol. The Bertz CT molecular complexity index is 828. The van der Waals surface area contributed by atoms with Gasteiger partial charge in [-0.15, -0.1) is 0 Å². The minimum Gasteiger partial charge on any atom is -0.363 e. The molecule has 0 bridgehead atoms. The van der Waals surface area contributed by atoms with Gasteiger partial charge in [0.05, 0.1) is 16.1 Å².